The highest BCUT2D eigenvalue weighted by atomic mass is 16.6. The molecular formula is C24H20O6. The monoisotopic (exact) mass is 404 g/mol. The lowest BCUT2D eigenvalue weighted by molar-refractivity contribution is -0.144. The van der Waals surface area contributed by atoms with Gasteiger partial charge in [-0.2, -0.15) is 0 Å². The van der Waals surface area contributed by atoms with Gasteiger partial charge in [0.1, 0.15) is 11.5 Å². The van der Waals surface area contributed by atoms with E-state index in [1.54, 1.807) is 72.8 Å². The largest absolute Gasteiger partial charge is 0.496 e. The van der Waals surface area contributed by atoms with Crippen LogP contribution in [0.2, 0.25) is 0 Å². The minimum absolute atomic E-state index is 0.101. The third-order valence-corrected chi connectivity index (χ3v) is 4.28. The summed E-state index contributed by atoms with van der Waals surface area (Å²) < 4.78 is 15.5. The lowest BCUT2D eigenvalue weighted by Crippen LogP contribution is -2.19. The molecule has 3 aromatic rings. The Morgan fingerprint density at radius 1 is 0.733 bits per heavy atom. The topological polar surface area (TPSA) is 78.9 Å². The summed E-state index contributed by atoms with van der Waals surface area (Å²) in [7, 11) is 1.46. The van der Waals surface area contributed by atoms with E-state index in [0.29, 0.717) is 28.2 Å². The second kappa shape index (κ2) is 10.0. The van der Waals surface area contributed by atoms with E-state index < -0.39 is 12.6 Å². The predicted octanol–water partition coefficient (Wildman–Crippen LogP) is 3.73. The first-order valence-electron chi connectivity index (χ1n) is 9.23. The van der Waals surface area contributed by atoms with Crippen molar-refractivity contribution in [2.75, 3.05) is 20.3 Å². The molecule has 0 aliphatic heterocycles. The van der Waals surface area contributed by atoms with Gasteiger partial charge >= 0.3 is 5.97 Å². The average molecular weight is 404 g/mol. The molecule has 0 aromatic heterocycles. The zero-order valence-corrected chi connectivity index (χ0v) is 16.4. The molecule has 0 aliphatic rings. The summed E-state index contributed by atoms with van der Waals surface area (Å²) in [6.45, 7) is -0.766. The van der Waals surface area contributed by atoms with Crippen molar-refractivity contribution in [3.63, 3.8) is 0 Å². The molecule has 6 nitrogen and oxygen atoms in total. The fourth-order valence-corrected chi connectivity index (χ4v) is 2.74. The maximum atomic E-state index is 12.4. The summed E-state index contributed by atoms with van der Waals surface area (Å²) >= 11 is 0. The average Bonchev–Trinajstić information content (AvgIpc) is 2.81. The molecule has 6 heteroatoms. The number of hydrogen-bond acceptors (Lipinski definition) is 6. The third kappa shape index (κ3) is 5.32. The molecular weight excluding hydrogens is 384 g/mol. The number of Topliss-reactive ketones (excluding diaryl/α,β-unsaturated/α-hetero) is 1. The number of benzene rings is 3. The predicted molar refractivity (Wildman–Crippen MR) is 110 cm³/mol. The second-order valence-corrected chi connectivity index (χ2v) is 6.29. The van der Waals surface area contributed by atoms with Gasteiger partial charge in [0.05, 0.1) is 12.7 Å². The van der Waals surface area contributed by atoms with Gasteiger partial charge in [-0.15, -0.1) is 0 Å². The Labute approximate surface area is 174 Å². The number of para-hydroxylation sites is 1. The number of methoxy groups -OCH3 is 1. The number of rotatable bonds is 9. The Hall–Kier alpha value is -3.93. The number of ketones is 2. The Bertz CT molecular complexity index is 1030. The van der Waals surface area contributed by atoms with Crippen LogP contribution in [0.25, 0.3) is 0 Å². The Morgan fingerprint density at radius 3 is 2.07 bits per heavy atom. The van der Waals surface area contributed by atoms with E-state index in [4.69, 9.17) is 14.2 Å². The minimum Gasteiger partial charge on any atom is -0.496 e. The molecule has 0 amide bonds. The van der Waals surface area contributed by atoms with Crippen LogP contribution in [-0.2, 0) is 9.53 Å². The molecule has 0 spiro atoms. The second-order valence-electron chi connectivity index (χ2n) is 6.29. The molecule has 0 radical (unpaired) electrons. The molecule has 0 atom stereocenters. The smallest absolute Gasteiger partial charge is 0.344 e. The van der Waals surface area contributed by atoms with Gasteiger partial charge in [0.2, 0.25) is 5.78 Å². The number of hydrogen-bond donors (Lipinski definition) is 0. The van der Waals surface area contributed by atoms with Gasteiger partial charge in [-0.1, -0.05) is 42.5 Å². The van der Waals surface area contributed by atoms with E-state index in [0.717, 1.165) is 0 Å². The zero-order chi connectivity index (χ0) is 21.3. The van der Waals surface area contributed by atoms with Gasteiger partial charge in [-0.3, -0.25) is 9.59 Å². The Morgan fingerprint density at radius 2 is 1.37 bits per heavy atom. The maximum absolute atomic E-state index is 12.4. The quantitative estimate of drug-likeness (QED) is 0.399. The van der Waals surface area contributed by atoms with Crippen LogP contribution in [0.15, 0.2) is 78.9 Å². The van der Waals surface area contributed by atoms with E-state index >= 15 is 0 Å². The number of carbonyl (C=O) groups excluding carboxylic acids is 3. The SMILES string of the molecule is COc1ccccc1C(=O)COC(=O)COc1ccc(C(=O)c2ccccc2)cc1. The van der Waals surface area contributed by atoms with Gasteiger partial charge in [0.15, 0.2) is 19.0 Å². The van der Waals surface area contributed by atoms with E-state index in [9.17, 15) is 14.4 Å². The molecule has 30 heavy (non-hydrogen) atoms. The fourth-order valence-electron chi connectivity index (χ4n) is 2.74. The highest BCUT2D eigenvalue weighted by Gasteiger charge is 2.14. The molecule has 3 rings (SSSR count). The van der Waals surface area contributed by atoms with Crippen molar-refractivity contribution in [2.24, 2.45) is 0 Å². The van der Waals surface area contributed by atoms with Crippen molar-refractivity contribution in [3.05, 3.63) is 95.6 Å². The molecule has 152 valence electrons. The van der Waals surface area contributed by atoms with Crippen molar-refractivity contribution >= 4 is 17.5 Å². The summed E-state index contributed by atoms with van der Waals surface area (Å²) in [5.74, 6) is -0.323. The maximum Gasteiger partial charge on any atom is 0.344 e. The number of esters is 1. The standard InChI is InChI=1S/C24H20O6/c1-28-22-10-6-5-9-20(22)21(25)15-30-23(26)16-29-19-13-11-18(12-14-19)24(27)17-7-3-2-4-8-17/h2-14H,15-16H2,1H3. The van der Waals surface area contributed by atoms with Crippen LogP contribution < -0.4 is 9.47 Å². The fraction of sp³-hybridized carbons (Fsp3) is 0.125. The summed E-state index contributed by atoms with van der Waals surface area (Å²) in [6, 6.07) is 22.1. The Balaban J connectivity index is 1.49. The van der Waals surface area contributed by atoms with Crippen LogP contribution in [-0.4, -0.2) is 37.9 Å². The summed E-state index contributed by atoms with van der Waals surface area (Å²) in [4.78, 5) is 36.5. The number of ether oxygens (including phenoxy) is 3. The van der Waals surface area contributed by atoms with Crippen LogP contribution in [0, 0.1) is 0 Å². The van der Waals surface area contributed by atoms with Crippen LogP contribution in [0.1, 0.15) is 26.3 Å². The summed E-state index contributed by atoms with van der Waals surface area (Å²) in [5, 5.41) is 0. The minimum atomic E-state index is -0.678. The van der Waals surface area contributed by atoms with E-state index in [-0.39, 0.29) is 18.2 Å². The highest BCUT2D eigenvalue weighted by molar-refractivity contribution is 6.09. The molecule has 0 fully saturated rings. The lowest BCUT2D eigenvalue weighted by atomic mass is 10.0. The molecule has 0 saturated carbocycles. The lowest BCUT2D eigenvalue weighted by Gasteiger charge is -2.09. The normalized spacial score (nSPS) is 10.2. The van der Waals surface area contributed by atoms with Gasteiger partial charge in [-0.05, 0) is 36.4 Å². The molecule has 0 unspecified atom stereocenters. The molecule has 0 N–H and O–H groups in total. The third-order valence-electron chi connectivity index (χ3n) is 4.28. The summed E-state index contributed by atoms with van der Waals surface area (Å²) in [5.41, 5.74) is 1.44. The van der Waals surface area contributed by atoms with E-state index in [2.05, 4.69) is 0 Å². The van der Waals surface area contributed by atoms with Crippen LogP contribution in [0.3, 0.4) is 0 Å². The van der Waals surface area contributed by atoms with Gasteiger partial charge in [-0.25, -0.2) is 4.79 Å². The highest BCUT2D eigenvalue weighted by Crippen LogP contribution is 2.18. The molecule has 3 aromatic carbocycles. The van der Waals surface area contributed by atoms with Crippen molar-refractivity contribution in [3.8, 4) is 11.5 Å². The van der Waals surface area contributed by atoms with Crippen molar-refractivity contribution < 1.29 is 28.6 Å². The van der Waals surface area contributed by atoms with Crippen molar-refractivity contribution in [1.82, 2.24) is 0 Å². The first-order chi connectivity index (χ1) is 14.6. The van der Waals surface area contributed by atoms with Gasteiger partial charge in [0.25, 0.3) is 0 Å². The van der Waals surface area contributed by atoms with Gasteiger partial charge in [0, 0.05) is 11.1 Å². The van der Waals surface area contributed by atoms with Crippen LogP contribution >= 0.6 is 0 Å². The van der Waals surface area contributed by atoms with E-state index in [1.807, 2.05) is 6.07 Å². The molecule has 0 bridgehead atoms. The van der Waals surface area contributed by atoms with Crippen molar-refractivity contribution in [2.45, 2.75) is 0 Å². The molecule has 0 heterocycles. The Kier molecular flexibility index (Phi) is 6.95. The van der Waals surface area contributed by atoms with Crippen molar-refractivity contribution in [1.29, 1.82) is 0 Å². The zero-order valence-electron chi connectivity index (χ0n) is 16.4. The van der Waals surface area contributed by atoms with E-state index in [1.165, 1.54) is 7.11 Å². The first-order valence-corrected chi connectivity index (χ1v) is 9.23. The summed E-state index contributed by atoms with van der Waals surface area (Å²) in [6.07, 6.45) is 0. The molecule has 0 aliphatic carbocycles. The van der Waals surface area contributed by atoms with Crippen LogP contribution in [0.4, 0.5) is 0 Å². The molecule has 0 saturated heterocycles. The van der Waals surface area contributed by atoms with Crippen LogP contribution in [0.5, 0.6) is 11.5 Å². The first kappa shape index (κ1) is 20.8. The number of carbonyl (C=O) groups is 3. The van der Waals surface area contributed by atoms with Gasteiger partial charge < -0.3 is 14.2 Å².